The summed E-state index contributed by atoms with van der Waals surface area (Å²) < 4.78 is 6.01. The lowest BCUT2D eigenvalue weighted by Crippen LogP contribution is -2.62. The fraction of sp³-hybridized carbons (Fsp3) is 0.381. The Morgan fingerprint density at radius 3 is 2.74 bits per heavy atom. The van der Waals surface area contributed by atoms with Crippen molar-refractivity contribution in [1.82, 2.24) is 9.88 Å². The van der Waals surface area contributed by atoms with E-state index in [9.17, 15) is 9.59 Å². The van der Waals surface area contributed by atoms with Crippen molar-refractivity contribution in [3.63, 3.8) is 0 Å². The molecule has 2 saturated heterocycles. The Labute approximate surface area is 158 Å². The first-order chi connectivity index (χ1) is 13.1. The maximum absolute atomic E-state index is 13.0. The van der Waals surface area contributed by atoms with E-state index in [4.69, 9.17) is 4.74 Å². The quantitative estimate of drug-likeness (QED) is 0.820. The molecule has 0 radical (unpaired) electrons. The van der Waals surface area contributed by atoms with Crippen LogP contribution in [0.4, 0.5) is 5.69 Å². The van der Waals surface area contributed by atoms with Gasteiger partial charge >= 0.3 is 0 Å². The molecule has 6 nitrogen and oxygen atoms in total. The summed E-state index contributed by atoms with van der Waals surface area (Å²) in [5, 5.41) is 0. The van der Waals surface area contributed by atoms with E-state index in [1.54, 1.807) is 11.1 Å². The van der Waals surface area contributed by atoms with Gasteiger partial charge in [-0.15, -0.1) is 0 Å². The van der Waals surface area contributed by atoms with Gasteiger partial charge in [-0.05, 0) is 43.5 Å². The topological polar surface area (TPSA) is 62.7 Å². The van der Waals surface area contributed by atoms with Crippen LogP contribution in [0.2, 0.25) is 0 Å². The summed E-state index contributed by atoms with van der Waals surface area (Å²) >= 11 is 0. The van der Waals surface area contributed by atoms with Crippen LogP contribution in [0.1, 0.15) is 28.9 Å². The number of ether oxygens (including phenoxy) is 1. The predicted molar refractivity (Wildman–Crippen MR) is 102 cm³/mol. The molecule has 2 aromatic rings. The van der Waals surface area contributed by atoms with Crippen molar-refractivity contribution in [2.24, 2.45) is 0 Å². The molecule has 0 saturated carbocycles. The third-order valence-electron chi connectivity index (χ3n) is 5.36. The van der Waals surface area contributed by atoms with Crippen LogP contribution in [0.25, 0.3) is 0 Å². The highest BCUT2D eigenvalue weighted by Gasteiger charge is 2.44. The number of piperidine rings is 1. The highest BCUT2D eigenvalue weighted by molar-refractivity contribution is 5.95. The number of hydrogen-bond acceptors (Lipinski definition) is 4. The summed E-state index contributed by atoms with van der Waals surface area (Å²) in [6.45, 7) is 3.55. The normalized spacial score (nSPS) is 22.9. The van der Waals surface area contributed by atoms with Gasteiger partial charge in [0.15, 0.2) is 0 Å². The maximum atomic E-state index is 13.0. The maximum Gasteiger partial charge on any atom is 0.272 e. The van der Waals surface area contributed by atoms with Gasteiger partial charge in [0.2, 0.25) is 0 Å². The molecule has 4 rings (SSSR count). The number of aryl methyl sites for hydroxylation is 1. The smallest absolute Gasteiger partial charge is 0.272 e. The van der Waals surface area contributed by atoms with Gasteiger partial charge in [-0.2, -0.15) is 0 Å². The van der Waals surface area contributed by atoms with Crippen LogP contribution in [0.3, 0.4) is 0 Å². The number of likely N-dealkylation sites (tertiary alicyclic amines) is 1. The minimum Gasteiger partial charge on any atom is -0.361 e. The van der Waals surface area contributed by atoms with Crippen molar-refractivity contribution in [3.8, 4) is 0 Å². The lowest BCUT2D eigenvalue weighted by molar-refractivity contribution is -0.144. The van der Waals surface area contributed by atoms with E-state index in [1.807, 2.05) is 54.3 Å². The summed E-state index contributed by atoms with van der Waals surface area (Å²) in [5.41, 5.74) is 1.70. The van der Waals surface area contributed by atoms with Crippen molar-refractivity contribution in [2.75, 3.05) is 31.1 Å². The van der Waals surface area contributed by atoms with E-state index in [0.717, 1.165) is 24.1 Å². The first kappa shape index (κ1) is 17.7. The SMILES string of the molecule is Cc1cccnc1C(=O)N1CCCC2(C1)CN(c1ccccc1)C(=O)CO2. The van der Waals surface area contributed by atoms with E-state index in [2.05, 4.69) is 4.98 Å². The fourth-order valence-corrected chi connectivity index (χ4v) is 3.94. The Hall–Kier alpha value is -2.73. The third-order valence-corrected chi connectivity index (χ3v) is 5.36. The van der Waals surface area contributed by atoms with E-state index < -0.39 is 5.60 Å². The molecule has 0 N–H and O–H groups in total. The molecule has 140 valence electrons. The molecule has 6 heteroatoms. The minimum atomic E-state index is -0.527. The highest BCUT2D eigenvalue weighted by Crippen LogP contribution is 2.32. The molecule has 2 aliphatic heterocycles. The van der Waals surface area contributed by atoms with Gasteiger partial charge in [0, 0.05) is 18.4 Å². The highest BCUT2D eigenvalue weighted by atomic mass is 16.5. The summed E-state index contributed by atoms with van der Waals surface area (Å²) in [6.07, 6.45) is 3.32. The Bertz CT molecular complexity index is 855. The number of benzene rings is 1. The summed E-state index contributed by atoms with van der Waals surface area (Å²) in [5.74, 6) is -0.116. The molecular formula is C21H23N3O3. The lowest BCUT2D eigenvalue weighted by atomic mass is 9.90. The molecule has 2 amide bonds. The number of carbonyl (C=O) groups is 2. The standard InChI is InChI=1S/C21H23N3O3/c1-16-7-5-11-22-19(16)20(26)23-12-6-10-21(14-23)15-24(18(25)13-27-21)17-8-3-2-4-9-17/h2-5,7-9,11H,6,10,12-15H2,1H3. The van der Waals surface area contributed by atoms with Crippen LogP contribution in [-0.4, -0.2) is 53.5 Å². The molecule has 1 atom stereocenters. The number of aromatic nitrogens is 1. The van der Waals surface area contributed by atoms with Crippen molar-refractivity contribution < 1.29 is 14.3 Å². The molecule has 1 spiro atoms. The van der Waals surface area contributed by atoms with Crippen LogP contribution in [0.15, 0.2) is 48.7 Å². The molecule has 1 aromatic carbocycles. The molecule has 2 fully saturated rings. The first-order valence-electron chi connectivity index (χ1n) is 9.28. The van der Waals surface area contributed by atoms with Gasteiger partial charge in [-0.25, -0.2) is 0 Å². The number of pyridine rings is 1. The average Bonchev–Trinajstić information content (AvgIpc) is 2.71. The Balaban J connectivity index is 1.56. The number of morpholine rings is 1. The second kappa shape index (κ2) is 7.12. The van der Waals surface area contributed by atoms with Gasteiger partial charge in [0.25, 0.3) is 11.8 Å². The second-order valence-corrected chi connectivity index (χ2v) is 7.29. The Kier molecular flexibility index (Phi) is 4.66. The van der Waals surface area contributed by atoms with E-state index >= 15 is 0 Å². The number of amides is 2. The minimum absolute atomic E-state index is 0.0412. The molecule has 1 unspecified atom stereocenters. The zero-order valence-corrected chi connectivity index (χ0v) is 15.4. The molecule has 0 aliphatic carbocycles. The van der Waals surface area contributed by atoms with Gasteiger partial charge in [0.05, 0.1) is 13.1 Å². The van der Waals surface area contributed by atoms with Gasteiger partial charge in [-0.3, -0.25) is 14.6 Å². The van der Waals surface area contributed by atoms with Gasteiger partial charge in [-0.1, -0.05) is 24.3 Å². The third kappa shape index (κ3) is 3.45. The molecule has 1 aromatic heterocycles. The van der Waals surface area contributed by atoms with Crippen molar-refractivity contribution in [3.05, 3.63) is 59.9 Å². The summed E-state index contributed by atoms with van der Waals surface area (Å²) in [4.78, 5) is 33.3. The van der Waals surface area contributed by atoms with Crippen LogP contribution in [0, 0.1) is 6.92 Å². The number of rotatable bonds is 2. The molecule has 0 bridgehead atoms. The average molecular weight is 365 g/mol. The van der Waals surface area contributed by atoms with Crippen LogP contribution in [-0.2, 0) is 9.53 Å². The molecule has 27 heavy (non-hydrogen) atoms. The predicted octanol–water partition coefficient (Wildman–Crippen LogP) is 2.43. The van der Waals surface area contributed by atoms with Crippen LogP contribution in [0.5, 0.6) is 0 Å². The zero-order valence-electron chi connectivity index (χ0n) is 15.4. The molecule has 2 aliphatic rings. The van der Waals surface area contributed by atoms with E-state index in [0.29, 0.717) is 25.3 Å². The second-order valence-electron chi connectivity index (χ2n) is 7.29. The first-order valence-corrected chi connectivity index (χ1v) is 9.28. The number of hydrogen-bond donors (Lipinski definition) is 0. The van der Waals surface area contributed by atoms with Crippen molar-refractivity contribution in [2.45, 2.75) is 25.4 Å². The number of para-hydroxylation sites is 1. The van der Waals surface area contributed by atoms with Gasteiger partial charge in [0.1, 0.15) is 17.9 Å². The van der Waals surface area contributed by atoms with Crippen molar-refractivity contribution >= 4 is 17.5 Å². The van der Waals surface area contributed by atoms with Crippen LogP contribution >= 0.6 is 0 Å². The van der Waals surface area contributed by atoms with E-state index in [1.165, 1.54) is 0 Å². The van der Waals surface area contributed by atoms with Crippen molar-refractivity contribution in [1.29, 1.82) is 0 Å². The van der Waals surface area contributed by atoms with Crippen LogP contribution < -0.4 is 4.90 Å². The molecule has 3 heterocycles. The summed E-state index contributed by atoms with van der Waals surface area (Å²) in [7, 11) is 0. The zero-order chi connectivity index (χ0) is 18.9. The van der Waals surface area contributed by atoms with Gasteiger partial charge < -0.3 is 14.5 Å². The fourth-order valence-electron chi connectivity index (χ4n) is 3.94. The number of nitrogens with zero attached hydrogens (tertiary/aromatic N) is 3. The monoisotopic (exact) mass is 365 g/mol. The Morgan fingerprint density at radius 2 is 1.96 bits per heavy atom. The number of carbonyl (C=O) groups excluding carboxylic acids is 2. The Morgan fingerprint density at radius 1 is 1.15 bits per heavy atom. The number of anilines is 1. The largest absolute Gasteiger partial charge is 0.361 e. The van der Waals surface area contributed by atoms with E-state index in [-0.39, 0.29) is 18.4 Å². The summed E-state index contributed by atoms with van der Waals surface area (Å²) in [6, 6.07) is 13.4. The molecular weight excluding hydrogens is 342 g/mol. The lowest BCUT2D eigenvalue weighted by Gasteiger charge is -2.47.